The van der Waals surface area contributed by atoms with Gasteiger partial charge in [-0.25, -0.2) is 0 Å². The van der Waals surface area contributed by atoms with Gasteiger partial charge in [0.2, 0.25) is 0 Å². The molecule has 70 valence electrons. The third-order valence-corrected chi connectivity index (χ3v) is 3.62. The summed E-state index contributed by atoms with van der Waals surface area (Å²) in [7, 11) is 0. The van der Waals surface area contributed by atoms with Gasteiger partial charge >= 0.3 is 0 Å². The summed E-state index contributed by atoms with van der Waals surface area (Å²) in [6.45, 7) is 0. The second kappa shape index (κ2) is 3.75. The molecule has 0 saturated carbocycles. The van der Waals surface area contributed by atoms with E-state index in [1.807, 2.05) is 12.1 Å². The van der Waals surface area contributed by atoms with Crippen molar-refractivity contribution in [2.75, 3.05) is 5.73 Å². The van der Waals surface area contributed by atoms with Gasteiger partial charge in [0.05, 0.1) is 17.5 Å². The molecule has 2 rings (SSSR count). The van der Waals surface area contributed by atoms with Gasteiger partial charge in [0.25, 0.3) is 0 Å². The summed E-state index contributed by atoms with van der Waals surface area (Å²) >= 11 is 3.81. The Morgan fingerprint density at radius 2 is 2.21 bits per heavy atom. The minimum absolute atomic E-state index is 0.452. The molecule has 0 saturated heterocycles. The molecule has 2 nitrogen and oxygen atoms in total. The van der Waals surface area contributed by atoms with E-state index in [0.29, 0.717) is 6.42 Å². The first kappa shape index (κ1) is 9.74. The van der Waals surface area contributed by atoms with E-state index in [-0.39, 0.29) is 0 Å². The second-order valence-electron chi connectivity index (χ2n) is 2.97. The number of nitrogens with two attached hydrogens (primary N) is 1. The fourth-order valence-electron chi connectivity index (χ4n) is 1.42. The van der Waals surface area contributed by atoms with Crippen molar-refractivity contribution in [2.45, 2.75) is 6.42 Å². The van der Waals surface area contributed by atoms with Gasteiger partial charge in [-0.15, -0.1) is 11.3 Å². The minimum atomic E-state index is 0.452. The largest absolute Gasteiger partial charge is 0.391 e. The predicted octanol–water partition coefficient (Wildman–Crippen LogP) is 3.15. The summed E-state index contributed by atoms with van der Waals surface area (Å²) in [4.78, 5) is 0. The smallest absolute Gasteiger partial charge is 0.0868 e. The van der Waals surface area contributed by atoms with E-state index < -0.39 is 0 Å². The van der Waals surface area contributed by atoms with Crippen LogP contribution in [0.2, 0.25) is 0 Å². The number of benzene rings is 1. The van der Waals surface area contributed by atoms with Crippen LogP contribution in [0.1, 0.15) is 5.56 Å². The maximum Gasteiger partial charge on any atom is 0.0868 e. The van der Waals surface area contributed by atoms with Crippen molar-refractivity contribution in [3.05, 3.63) is 27.3 Å². The summed E-state index contributed by atoms with van der Waals surface area (Å²) in [5.74, 6) is 0. The Morgan fingerprint density at radius 1 is 1.43 bits per heavy atom. The Hall–Kier alpha value is -0.800. The molecule has 0 fully saturated rings. The molecule has 0 spiro atoms. The first-order valence-corrected chi connectivity index (χ1v) is 5.94. The molecule has 1 aromatic carbocycles. The van der Waals surface area contributed by atoms with Crippen molar-refractivity contribution in [3.63, 3.8) is 0 Å². The lowest BCUT2D eigenvalue weighted by Crippen LogP contribution is -1.83. The topological polar surface area (TPSA) is 49.8 Å². The van der Waals surface area contributed by atoms with E-state index in [0.717, 1.165) is 24.2 Å². The first-order valence-electron chi connectivity index (χ1n) is 4.05. The molecule has 0 unspecified atom stereocenters. The van der Waals surface area contributed by atoms with Crippen LogP contribution in [-0.2, 0) is 6.42 Å². The van der Waals surface area contributed by atoms with E-state index in [1.165, 1.54) is 0 Å². The maximum absolute atomic E-state index is 8.70. The van der Waals surface area contributed by atoms with Crippen LogP contribution in [0.5, 0.6) is 0 Å². The predicted molar refractivity (Wildman–Crippen MR) is 68.3 cm³/mol. The van der Waals surface area contributed by atoms with E-state index in [9.17, 15) is 0 Å². The van der Waals surface area contributed by atoms with E-state index >= 15 is 0 Å². The van der Waals surface area contributed by atoms with Gasteiger partial charge in [-0.1, -0.05) is 0 Å². The van der Waals surface area contributed by atoms with E-state index in [4.69, 9.17) is 11.0 Å². The standard InChI is InChI=1S/C10H7IN2S/c11-8-3-6(1-2-12)10-7(4-8)5-9(13)14-10/h3-5H,1,13H2. The number of nitrogen functional groups attached to an aromatic ring is 1. The molecule has 0 radical (unpaired) electrons. The summed E-state index contributed by atoms with van der Waals surface area (Å²) in [5, 5.41) is 10.6. The molecular formula is C10H7IN2S. The van der Waals surface area contributed by atoms with Gasteiger partial charge in [0.1, 0.15) is 0 Å². The van der Waals surface area contributed by atoms with Crippen molar-refractivity contribution in [2.24, 2.45) is 0 Å². The Balaban J connectivity index is 2.74. The number of thiophene rings is 1. The number of rotatable bonds is 1. The number of nitriles is 1. The maximum atomic E-state index is 8.70. The molecule has 0 aliphatic heterocycles. The van der Waals surface area contributed by atoms with Crippen LogP contribution in [0.3, 0.4) is 0 Å². The van der Waals surface area contributed by atoms with Gasteiger partial charge in [0, 0.05) is 8.27 Å². The summed E-state index contributed by atoms with van der Waals surface area (Å²) < 4.78 is 2.29. The third-order valence-electron chi connectivity index (χ3n) is 1.95. The van der Waals surface area contributed by atoms with Crippen molar-refractivity contribution >= 4 is 49.0 Å². The van der Waals surface area contributed by atoms with Gasteiger partial charge in [-0.2, -0.15) is 5.26 Å². The quantitative estimate of drug-likeness (QED) is 0.822. The normalized spacial score (nSPS) is 10.3. The van der Waals surface area contributed by atoms with Crippen LogP contribution in [-0.4, -0.2) is 0 Å². The van der Waals surface area contributed by atoms with Crippen LogP contribution in [0.25, 0.3) is 10.1 Å². The van der Waals surface area contributed by atoms with Crippen molar-refractivity contribution < 1.29 is 0 Å². The number of halogens is 1. The molecule has 1 aromatic heterocycles. The molecule has 0 atom stereocenters. The summed E-state index contributed by atoms with van der Waals surface area (Å²) in [6.07, 6.45) is 0.452. The zero-order valence-corrected chi connectivity index (χ0v) is 10.2. The van der Waals surface area contributed by atoms with E-state index in [1.54, 1.807) is 11.3 Å². The number of fused-ring (bicyclic) bond motifs is 1. The van der Waals surface area contributed by atoms with Gasteiger partial charge < -0.3 is 5.73 Å². The lowest BCUT2D eigenvalue weighted by molar-refractivity contribution is 1.29. The highest BCUT2D eigenvalue weighted by atomic mass is 127. The SMILES string of the molecule is N#CCc1cc(I)cc2cc(N)sc12. The summed E-state index contributed by atoms with van der Waals surface area (Å²) in [5.41, 5.74) is 6.82. The zero-order chi connectivity index (χ0) is 10.1. The lowest BCUT2D eigenvalue weighted by Gasteiger charge is -1.98. The monoisotopic (exact) mass is 314 g/mol. The highest BCUT2D eigenvalue weighted by molar-refractivity contribution is 14.1. The number of nitrogens with zero attached hydrogens (tertiary/aromatic N) is 1. The molecule has 0 bridgehead atoms. The van der Waals surface area contributed by atoms with Crippen molar-refractivity contribution in [3.8, 4) is 6.07 Å². The third kappa shape index (κ3) is 1.70. The Bertz CT molecular complexity index is 525. The molecule has 0 aliphatic rings. The molecule has 2 N–H and O–H groups in total. The van der Waals surface area contributed by atoms with Crippen LogP contribution in [0.4, 0.5) is 5.00 Å². The average molecular weight is 314 g/mol. The fraction of sp³-hybridized carbons (Fsp3) is 0.100. The molecule has 0 aliphatic carbocycles. The molecule has 2 aromatic rings. The molecule has 1 heterocycles. The number of hydrogen-bond acceptors (Lipinski definition) is 3. The van der Waals surface area contributed by atoms with Gasteiger partial charge in [-0.3, -0.25) is 0 Å². The Morgan fingerprint density at radius 3 is 2.93 bits per heavy atom. The summed E-state index contributed by atoms with van der Waals surface area (Å²) in [6, 6.07) is 8.27. The first-order chi connectivity index (χ1) is 6.70. The van der Waals surface area contributed by atoms with Crippen LogP contribution < -0.4 is 5.73 Å². The zero-order valence-electron chi connectivity index (χ0n) is 7.25. The van der Waals surface area contributed by atoms with Crippen LogP contribution >= 0.6 is 33.9 Å². The molecular weight excluding hydrogens is 307 g/mol. The number of hydrogen-bond donors (Lipinski definition) is 1. The van der Waals surface area contributed by atoms with Crippen molar-refractivity contribution in [1.82, 2.24) is 0 Å². The highest BCUT2D eigenvalue weighted by Gasteiger charge is 2.06. The van der Waals surface area contributed by atoms with E-state index in [2.05, 4.69) is 34.7 Å². The average Bonchev–Trinajstić information content (AvgIpc) is 2.45. The molecule has 14 heavy (non-hydrogen) atoms. The van der Waals surface area contributed by atoms with Crippen molar-refractivity contribution in [1.29, 1.82) is 5.26 Å². The fourth-order valence-corrected chi connectivity index (χ4v) is 3.05. The lowest BCUT2D eigenvalue weighted by atomic mass is 10.1. The second-order valence-corrected chi connectivity index (χ2v) is 5.30. The molecule has 4 heteroatoms. The van der Waals surface area contributed by atoms with Crippen LogP contribution in [0.15, 0.2) is 18.2 Å². The van der Waals surface area contributed by atoms with Crippen LogP contribution in [0, 0.1) is 14.9 Å². The number of anilines is 1. The Labute approximate surface area is 99.5 Å². The highest BCUT2D eigenvalue weighted by Crippen LogP contribution is 2.32. The van der Waals surface area contributed by atoms with Gasteiger partial charge in [-0.05, 0) is 51.7 Å². The van der Waals surface area contributed by atoms with Gasteiger partial charge in [0.15, 0.2) is 0 Å². The molecule has 0 amide bonds. The minimum Gasteiger partial charge on any atom is -0.391 e. The Kier molecular flexibility index (Phi) is 2.61.